The summed E-state index contributed by atoms with van der Waals surface area (Å²) in [4.78, 5) is 21.3. The third-order valence-corrected chi connectivity index (χ3v) is 4.73. The summed E-state index contributed by atoms with van der Waals surface area (Å²) in [7, 11) is 4.00. The number of aryl methyl sites for hydroxylation is 3. The Morgan fingerprint density at radius 3 is 2.73 bits per heavy atom. The van der Waals surface area contributed by atoms with E-state index in [0.29, 0.717) is 31.9 Å². The van der Waals surface area contributed by atoms with Crippen molar-refractivity contribution in [2.75, 3.05) is 38.7 Å². The lowest BCUT2D eigenvalue weighted by atomic mass is 10.1. The number of hydrogen-bond donors (Lipinski definition) is 0. The molecule has 140 valence electrons. The first kappa shape index (κ1) is 18.4. The van der Waals surface area contributed by atoms with Gasteiger partial charge in [0.1, 0.15) is 11.9 Å². The Bertz CT molecular complexity index is 781. The van der Waals surface area contributed by atoms with Crippen molar-refractivity contribution in [3.63, 3.8) is 0 Å². The van der Waals surface area contributed by atoms with Crippen molar-refractivity contribution < 1.29 is 14.1 Å². The molecule has 2 aromatic heterocycles. The van der Waals surface area contributed by atoms with Crippen LogP contribution in [0.3, 0.4) is 0 Å². The van der Waals surface area contributed by atoms with Crippen LogP contribution in [0.4, 0.5) is 5.69 Å². The van der Waals surface area contributed by atoms with Gasteiger partial charge in [-0.2, -0.15) is 0 Å². The Labute approximate surface area is 153 Å². The molecule has 1 aliphatic rings. The largest absolute Gasteiger partial charge is 0.378 e. The molecule has 0 radical (unpaired) electrons. The maximum absolute atomic E-state index is 12.8. The Morgan fingerprint density at radius 1 is 1.31 bits per heavy atom. The Balaban J connectivity index is 1.74. The highest BCUT2D eigenvalue weighted by Crippen LogP contribution is 2.25. The molecule has 0 N–H and O–H groups in total. The minimum atomic E-state index is -0.212. The Hall–Kier alpha value is -2.41. The Kier molecular flexibility index (Phi) is 5.27. The molecular weight excluding hydrogens is 332 g/mol. The van der Waals surface area contributed by atoms with Crippen molar-refractivity contribution >= 4 is 11.6 Å². The predicted octanol–water partition coefficient (Wildman–Crippen LogP) is 2.20. The van der Waals surface area contributed by atoms with Crippen LogP contribution >= 0.6 is 0 Å². The molecule has 0 spiro atoms. The van der Waals surface area contributed by atoms with E-state index in [4.69, 9.17) is 9.26 Å². The van der Waals surface area contributed by atoms with E-state index in [-0.39, 0.29) is 12.0 Å². The smallest absolute Gasteiger partial charge is 0.227 e. The zero-order valence-electron chi connectivity index (χ0n) is 16.1. The van der Waals surface area contributed by atoms with Gasteiger partial charge in [-0.05, 0) is 32.9 Å². The van der Waals surface area contributed by atoms with Gasteiger partial charge in [0.25, 0.3) is 0 Å². The summed E-state index contributed by atoms with van der Waals surface area (Å²) >= 11 is 0. The van der Waals surface area contributed by atoms with E-state index in [1.54, 1.807) is 0 Å². The van der Waals surface area contributed by atoms with Gasteiger partial charge in [0.15, 0.2) is 0 Å². The lowest BCUT2D eigenvalue weighted by Crippen LogP contribution is -2.43. The zero-order valence-corrected chi connectivity index (χ0v) is 16.1. The molecule has 1 atom stereocenters. The molecule has 3 rings (SSSR count). The van der Waals surface area contributed by atoms with Crippen LogP contribution in [-0.4, -0.2) is 54.7 Å². The number of aromatic nitrogens is 2. The molecule has 0 aromatic carbocycles. The number of amides is 1. The number of hydrogen-bond acceptors (Lipinski definition) is 6. The standard InChI is InChI=1S/C19H26N4O3/c1-12-8-15(22(4)5)9-17(20-12)18-11-23(6-7-25-18)19(24)10-16-13(2)21-26-14(16)3/h8-9,18H,6-7,10-11H2,1-5H3/t18-/m0/s1. The van der Waals surface area contributed by atoms with Gasteiger partial charge >= 0.3 is 0 Å². The van der Waals surface area contributed by atoms with Gasteiger partial charge in [-0.3, -0.25) is 9.78 Å². The van der Waals surface area contributed by atoms with Crippen LogP contribution in [0, 0.1) is 20.8 Å². The van der Waals surface area contributed by atoms with Crippen molar-refractivity contribution in [1.82, 2.24) is 15.0 Å². The van der Waals surface area contributed by atoms with Gasteiger partial charge in [-0.1, -0.05) is 5.16 Å². The quantitative estimate of drug-likeness (QED) is 0.834. The van der Waals surface area contributed by atoms with E-state index < -0.39 is 0 Å². The minimum absolute atomic E-state index is 0.0631. The third kappa shape index (κ3) is 3.88. The van der Waals surface area contributed by atoms with Gasteiger partial charge < -0.3 is 19.1 Å². The molecule has 7 nitrogen and oxygen atoms in total. The molecule has 0 bridgehead atoms. The molecule has 0 unspecified atom stereocenters. The van der Waals surface area contributed by atoms with Crippen LogP contribution in [0.15, 0.2) is 16.7 Å². The molecule has 2 aromatic rings. The van der Waals surface area contributed by atoms with Gasteiger partial charge in [0, 0.05) is 37.6 Å². The van der Waals surface area contributed by atoms with Crippen LogP contribution in [0.5, 0.6) is 0 Å². The lowest BCUT2D eigenvalue weighted by molar-refractivity contribution is -0.138. The average molecular weight is 358 g/mol. The number of anilines is 1. The highest BCUT2D eigenvalue weighted by atomic mass is 16.5. The summed E-state index contributed by atoms with van der Waals surface area (Å²) in [5, 5.41) is 3.93. The SMILES string of the molecule is Cc1cc(N(C)C)cc([C@@H]2CN(C(=O)Cc3c(C)noc3C)CCO2)n1. The van der Waals surface area contributed by atoms with Gasteiger partial charge in [0.05, 0.1) is 31.0 Å². The summed E-state index contributed by atoms with van der Waals surface area (Å²) in [6.07, 6.45) is 0.0916. The molecule has 26 heavy (non-hydrogen) atoms. The Morgan fingerprint density at radius 2 is 2.08 bits per heavy atom. The molecule has 0 saturated carbocycles. The number of carbonyl (C=O) groups excluding carboxylic acids is 1. The van der Waals surface area contributed by atoms with Crippen molar-refractivity contribution in [3.8, 4) is 0 Å². The van der Waals surface area contributed by atoms with E-state index in [1.165, 1.54) is 0 Å². The topological polar surface area (TPSA) is 71.7 Å². The van der Waals surface area contributed by atoms with E-state index in [9.17, 15) is 4.79 Å². The van der Waals surface area contributed by atoms with Crippen LogP contribution in [-0.2, 0) is 16.0 Å². The number of nitrogens with zero attached hydrogens (tertiary/aromatic N) is 4. The van der Waals surface area contributed by atoms with Crippen LogP contribution < -0.4 is 4.90 Å². The lowest BCUT2D eigenvalue weighted by Gasteiger charge is -2.33. The predicted molar refractivity (Wildman–Crippen MR) is 98.3 cm³/mol. The summed E-state index contributed by atoms with van der Waals surface area (Å²) < 4.78 is 11.1. The molecule has 1 amide bonds. The summed E-state index contributed by atoms with van der Waals surface area (Å²) in [5.74, 6) is 0.768. The highest BCUT2D eigenvalue weighted by molar-refractivity contribution is 5.79. The zero-order chi connectivity index (χ0) is 18.8. The second kappa shape index (κ2) is 7.45. The van der Waals surface area contributed by atoms with Crippen molar-refractivity contribution in [1.29, 1.82) is 0 Å². The van der Waals surface area contributed by atoms with Crippen molar-refractivity contribution in [2.45, 2.75) is 33.3 Å². The monoisotopic (exact) mass is 358 g/mol. The third-order valence-electron chi connectivity index (χ3n) is 4.73. The molecular formula is C19H26N4O3. The van der Waals surface area contributed by atoms with E-state index in [1.807, 2.05) is 56.8 Å². The van der Waals surface area contributed by atoms with Crippen LogP contribution in [0.1, 0.15) is 34.5 Å². The minimum Gasteiger partial charge on any atom is -0.378 e. The van der Waals surface area contributed by atoms with Crippen LogP contribution in [0.2, 0.25) is 0 Å². The summed E-state index contributed by atoms with van der Waals surface area (Å²) in [5.41, 5.74) is 4.53. The summed E-state index contributed by atoms with van der Waals surface area (Å²) in [6, 6.07) is 4.06. The fourth-order valence-corrected chi connectivity index (χ4v) is 3.17. The maximum Gasteiger partial charge on any atom is 0.227 e. The maximum atomic E-state index is 12.8. The summed E-state index contributed by atoms with van der Waals surface area (Å²) in [6.45, 7) is 7.27. The molecule has 3 heterocycles. The number of ether oxygens (including phenoxy) is 1. The molecule has 7 heteroatoms. The first-order valence-corrected chi connectivity index (χ1v) is 8.82. The van der Waals surface area contributed by atoms with E-state index in [0.717, 1.165) is 28.3 Å². The number of carbonyl (C=O) groups is 1. The number of pyridine rings is 1. The molecule has 1 fully saturated rings. The first-order valence-electron chi connectivity index (χ1n) is 8.82. The normalized spacial score (nSPS) is 17.4. The van der Waals surface area contributed by atoms with Gasteiger partial charge in [0.2, 0.25) is 5.91 Å². The second-order valence-electron chi connectivity index (χ2n) is 6.96. The number of morpholine rings is 1. The molecule has 1 saturated heterocycles. The van der Waals surface area contributed by atoms with Crippen molar-refractivity contribution in [3.05, 3.63) is 40.5 Å². The molecule has 0 aliphatic carbocycles. The fraction of sp³-hybridized carbons (Fsp3) is 0.526. The average Bonchev–Trinajstić information content (AvgIpc) is 2.93. The van der Waals surface area contributed by atoms with E-state index in [2.05, 4.69) is 10.1 Å². The molecule has 1 aliphatic heterocycles. The second-order valence-corrected chi connectivity index (χ2v) is 6.96. The van der Waals surface area contributed by atoms with Gasteiger partial charge in [-0.25, -0.2) is 0 Å². The number of rotatable bonds is 4. The van der Waals surface area contributed by atoms with Crippen molar-refractivity contribution in [2.24, 2.45) is 0 Å². The first-order chi connectivity index (χ1) is 12.3. The van der Waals surface area contributed by atoms with E-state index >= 15 is 0 Å². The van der Waals surface area contributed by atoms with Crippen LogP contribution in [0.25, 0.3) is 0 Å². The highest BCUT2D eigenvalue weighted by Gasteiger charge is 2.28. The van der Waals surface area contributed by atoms with Gasteiger partial charge in [-0.15, -0.1) is 0 Å². The fourth-order valence-electron chi connectivity index (χ4n) is 3.17.